The maximum Gasteiger partial charge on any atom is 0.321 e. The number of aliphatic carboxylic acids is 1. The molecule has 0 aliphatic heterocycles. The van der Waals surface area contributed by atoms with Crippen molar-refractivity contribution < 1.29 is 19.5 Å². The van der Waals surface area contributed by atoms with Gasteiger partial charge < -0.3 is 15.7 Å². The second kappa shape index (κ2) is 6.85. The minimum atomic E-state index is -0.861. The highest BCUT2D eigenvalue weighted by Gasteiger charge is 2.23. The Kier molecular flexibility index (Phi) is 5.41. The first-order valence-corrected chi connectivity index (χ1v) is 5.61. The molecule has 1 rings (SSSR count). The second-order valence-corrected chi connectivity index (χ2v) is 3.97. The first-order chi connectivity index (χ1) is 8.08. The lowest BCUT2D eigenvalue weighted by Gasteiger charge is -2.06. The molecule has 7 nitrogen and oxygen atoms in total. The summed E-state index contributed by atoms with van der Waals surface area (Å²) in [5, 5.41) is 15.9. The van der Waals surface area contributed by atoms with Gasteiger partial charge in [-0.1, -0.05) is 0 Å². The molecule has 0 radical (unpaired) electrons. The zero-order valence-electron chi connectivity index (χ0n) is 9.49. The van der Waals surface area contributed by atoms with Crippen LogP contribution >= 0.6 is 0 Å². The minimum Gasteiger partial charge on any atom is -0.481 e. The molecule has 0 aromatic carbocycles. The molecule has 1 aliphatic carbocycles. The number of carboxylic acid groups (broad SMARTS) is 1. The van der Waals surface area contributed by atoms with Gasteiger partial charge in [0.1, 0.15) is 0 Å². The van der Waals surface area contributed by atoms with Crippen molar-refractivity contribution in [1.82, 2.24) is 16.0 Å². The first-order valence-electron chi connectivity index (χ1n) is 5.61. The van der Waals surface area contributed by atoms with E-state index >= 15 is 0 Å². The smallest absolute Gasteiger partial charge is 0.321 e. The molecule has 7 heteroatoms. The van der Waals surface area contributed by atoms with Crippen molar-refractivity contribution in [3.8, 4) is 0 Å². The molecule has 0 unspecified atom stereocenters. The average Bonchev–Trinajstić information content (AvgIpc) is 3.00. The predicted molar refractivity (Wildman–Crippen MR) is 59.4 cm³/mol. The van der Waals surface area contributed by atoms with Crippen molar-refractivity contribution in [1.29, 1.82) is 0 Å². The van der Waals surface area contributed by atoms with E-state index < -0.39 is 17.9 Å². The van der Waals surface area contributed by atoms with Crippen LogP contribution in [0.4, 0.5) is 4.79 Å². The van der Waals surface area contributed by atoms with E-state index in [9.17, 15) is 14.4 Å². The standard InChI is InChI=1S/C10H17N3O4/c14-8(6-11-5-1-2-9(15)16)13-10(17)12-7-3-4-7/h7,11H,1-6H2,(H,15,16)(H2,12,13,14,17). The summed E-state index contributed by atoms with van der Waals surface area (Å²) in [4.78, 5) is 32.5. The molecule has 0 spiro atoms. The summed E-state index contributed by atoms with van der Waals surface area (Å²) < 4.78 is 0. The monoisotopic (exact) mass is 243 g/mol. The maximum atomic E-state index is 11.2. The Balaban J connectivity index is 1.96. The summed E-state index contributed by atoms with van der Waals surface area (Å²) in [6.07, 6.45) is 2.46. The largest absolute Gasteiger partial charge is 0.481 e. The van der Waals surface area contributed by atoms with Crippen LogP contribution in [0.15, 0.2) is 0 Å². The summed E-state index contributed by atoms with van der Waals surface area (Å²) in [6.45, 7) is 0.446. The van der Waals surface area contributed by atoms with E-state index in [1.807, 2.05) is 0 Å². The van der Waals surface area contributed by atoms with Crippen molar-refractivity contribution in [3.05, 3.63) is 0 Å². The molecular weight excluding hydrogens is 226 g/mol. The van der Waals surface area contributed by atoms with Gasteiger partial charge in [-0.3, -0.25) is 14.9 Å². The molecule has 0 bridgehead atoms. The molecule has 0 aromatic rings. The van der Waals surface area contributed by atoms with Gasteiger partial charge in [0.2, 0.25) is 5.91 Å². The summed E-state index contributed by atoms with van der Waals surface area (Å²) in [7, 11) is 0. The van der Waals surface area contributed by atoms with Gasteiger partial charge in [0, 0.05) is 12.5 Å². The van der Waals surface area contributed by atoms with Crippen molar-refractivity contribution in [3.63, 3.8) is 0 Å². The van der Waals surface area contributed by atoms with E-state index in [0.717, 1.165) is 12.8 Å². The van der Waals surface area contributed by atoms with E-state index in [-0.39, 0.29) is 19.0 Å². The molecule has 1 saturated carbocycles. The zero-order valence-corrected chi connectivity index (χ0v) is 9.49. The van der Waals surface area contributed by atoms with Crippen LogP contribution in [0.3, 0.4) is 0 Å². The Morgan fingerprint density at radius 2 is 1.94 bits per heavy atom. The topological polar surface area (TPSA) is 108 Å². The Bertz CT molecular complexity index is 302. The van der Waals surface area contributed by atoms with Gasteiger partial charge in [0.15, 0.2) is 0 Å². The van der Waals surface area contributed by atoms with Crippen molar-refractivity contribution in [2.24, 2.45) is 0 Å². The molecule has 0 heterocycles. The van der Waals surface area contributed by atoms with E-state index in [1.165, 1.54) is 0 Å². The third-order valence-electron chi connectivity index (χ3n) is 2.20. The number of rotatable bonds is 7. The van der Waals surface area contributed by atoms with Crippen LogP contribution in [0.2, 0.25) is 0 Å². The Hall–Kier alpha value is -1.63. The molecule has 3 amide bonds. The number of carboxylic acids is 1. The van der Waals surface area contributed by atoms with Crippen LogP contribution in [-0.2, 0) is 9.59 Å². The van der Waals surface area contributed by atoms with E-state index in [1.54, 1.807) is 0 Å². The normalized spacial score (nSPS) is 14.1. The molecule has 1 aliphatic rings. The van der Waals surface area contributed by atoms with Crippen LogP contribution in [0.1, 0.15) is 25.7 Å². The van der Waals surface area contributed by atoms with E-state index in [4.69, 9.17) is 5.11 Å². The van der Waals surface area contributed by atoms with E-state index in [2.05, 4.69) is 16.0 Å². The third kappa shape index (κ3) is 7.29. The Morgan fingerprint density at radius 1 is 1.24 bits per heavy atom. The van der Waals surface area contributed by atoms with Gasteiger partial charge in [0.25, 0.3) is 0 Å². The van der Waals surface area contributed by atoms with Crippen LogP contribution in [0, 0.1) is 0 Å². The summed E-state index contributed by atoms with van der Waals surface area (Å²) >= 11 is 0. The first kappa shape index (κ1) is 13.4. The third-order valence-corrected chi connectivity index (χ3v) is 2.20. The summed E-state index contributed by atoms with van der Waals surface area (Å²) in [5.74, 6) is -1.28. The molecule has 0 atom stereocenters. The molecule has 96 valence electrons. The lowest BCUT2D eigenvalue weighted by Crippen LogP contribution is -2.44. The van der Waals surface area contributed by atoms with E-state index in [0.29, 0.717) is 13.0 Å². The van der Waals surface area contributed by atoms with Crippen LogP contribution in [0.25, 0.3) is 0 Å². The van der Waals surface area contributed by atoms with Crippen LogP contribution in [0.5, 0.6) is 0 Å². The SMILES string of the molecule is O=C(O)CCCNCC(=O)NC(=O)NC1CC1. The van der Waals surface area contributed by atoms with Crippen molar-refractivity contribution in [2.45, 2.75) is 31.7 Å². The number of nitrogens with one attached hydrogen (secondary N) is 3. The number of carbonyl (C=O) groups excluding carboxylic acids is 2. The van der Waals surface area contributed by atoms with Gasteiger partial charge >= 0.3 is 12.0 Å². The number of carbonyl (C=O) groups is 3. The fourth-order valence-electron chi connectivity index (χ4n) is 1.19. The quantitative estimate of drug-likeness (QED) is 0.448. The van der Waals surface area contributed by atoms with Crippen molar-refractivity contribution >= 4 is 17.9 Å². The highest BCUT2D eigenvalue weighted by Crippen LogP contribution is 2.18. The predicted octanol–water partition coefficient (Wildman–Crippen LogP) is -0.571. The zero-order chi connectivity index (χ0) is 12.7. The van der Waals surface area contributed by atoms with Crippen LogP contribution in [-0.4, -0.2) is 42.1 Å². The van der Waals surface area contributed by atoms with Gasteiger partial charge in [-0.15, -0.1) is 0 Å². The molecule has 1 fully saturated rings. The van der Waals surface area contributed by atoms with Crippen molar-refractivity contribution in [2.75, 3.05) is 13.1 Å². The lowest BCUT2D eigenvalue weighted by atomic mass is 10.3. The fraction of sp³-hybridized carbons (Fsp3) is 0.700. The number of hydrogen-bond donors (Lipinski definition) is 4. The molecule has 17 heavy (non-hydrogen) atoms. The fourth-order valence-corrected chi connectivity index (χ4v) is 1.19. The molecule has 4 N–H and O–H groups in total. The summed E-state index contributed by atoms with van der Waals surface area (Å²) in [6, 6.07) is -0.254. The highest BCUT2D eigenvalue weighted by molar-refractivity contribution is 5.95. The number of urea groups is 1. The van der Waals surface area contributed by atoms with Gasteiger partial charge in [-0.25, -0.2) is 4.79 Å². The molecule has 0 saturated heterocycles. The Labute approximate surface area is 98.9 Å². The minimum absolute atomic E-state index is 0.0116. The second-order valence-electron chi connectivity index (χ2n) is 3.97. The average molecular weight is 243 g/mol. The molecular formula is C10H17N3O4. The number of hydrogen-bond acceptors (Lipinski definition) is 4. The van der Waals surface area contributed by atoms with Gasteiger partial charge in [0.05, 0.1) is 6.54 Å². The van der Waals surface area contributed by atoms with Gasteiger partial charge in [-0.2, -0.15) is 0 Å². The number of imide groups is 1. The van der Waals surface area contributed by atoms with Gasteiger partial charge in [-0.05, 0) is 25.8 Å². The Morgan fingerprint density at radius 3 is 2.53 bits per heavy atom. The highest BCUT2D eigenvalue weighted by atomic mass is 16.4. The van der Waals surface area contributed by atoms with Crippen LogP contribution < -0.4 is 16.0 Å². The summed E-state index contributed by atoms with van der Waals surface area (Å²) in [5.41, 5.74) is 0. The number of amides is 3. The lowest BCUT2D eigenvalue weighted by molar-refractivity contribution is -0.137. The molecule has 0 aromatic heterocycles. The maximum absolute atomic E-state index is 11.2.